The SMILES string of the molecule is CCC1(CC)C(C)CCCN1C. The van der Waals surface area contributed by atoms with Crippen molar-refractivity contribution in [3.8, 4) is 0 Å². The third kappa shape index (κ3) is 1.39. The largest absolute Gasteiger partial charge is 0.300 e. The first-order valence-corrected chi connectivity index (χ1v) is 5.38. The molecule has 1 fully saturated rings. The van der Waals surface area contributed by atoms with Crippen LogP contribution in [0.5, 0.6) is 0 Å². The molecule has 12 heavy (non-hydrogen) atoms. The van der Waals surface area contributed by atoms with Crippen molar-refractivity contribution < 1.29 is 0 Å². The summed E-state index contributed by atoms with van der Waals surface area (Å²) in [6.45, 7) is 8.39. The molecule has 0 bridgehead atoms. The van der Waals surface area contributed by atoms with E-state index in [1.165, 1.54) is 32.2 Å². The van der Waals surface area contributed by atoms with Gasteiger partial charge < -0.3 is 4.90 Å². The van der Waals surface area contributed by atoms with Gasteiger partial charge in [-0.05, 0) is 45.2 Å². The molecule has 0 saturated carbocycles. The minimum atomic E-state index is 0.512. The van der Waals surface area contributed by atoms with E-state index in [2.05, 4.69) is 32.7 Å². The van der Waals surface area contributed by atoms with Gasteiger partial charge in [0.2, 0.25) is 0 Å². The van der Waals surface area contributed by atoms with Crippen LogP contribution < -0.4 is 0 Å². The Kier molecular flexibility index (Phi) is 3.16. The highest BCUT2D eigenvalue weighted by atomic mass is 15.2. The van der Waals surface area contributed by atoms with E-state index in [1.807, 2.05) is 0 Å². The predicted octanol–water partition coefficient (Wildman–Crippen LogP) is 2.91. The van der Waals surface area contributed by atoms with Crippen molar-refractivity contribution in [1.29, 1.82) is 0 Å². The lowest BCUT2D eigenvalue weighted by atomic mass is 9.74. The maximum atomic E-state index is 2.58. The topological polar surface area (TPSA) is 3.24 Å². The summed E-state index contributed by atoms with van der Waals surface area (Å²) < 4.78 is 0. The number of hydrogen-bond donors (Lipinski definition) is 0. The summed E-state index contributed by atoms with van der Waals surface area (Å²) in [6.07, 6.45) is 5.42. The van der Waals surface area contributed by atoms with Crippen LogP contribution >= 0.6 is 0 Å². The van der Waals surface area contributed by atoms with Gasteiger partial charge in [-0.1, -0.05) is 20.8 Å². The summed E-state index contributed by atoms with van der Waals surface area (Å²) in [6, 6.07) is 0. The van der Waals surface area contributed by atoms with Crippen LogP contribution in [-0.4, -0.2) is 24.0 Å². The van der Waals surface area contributed by atoms with E-state index in [9.17, 15) is 0 Å². The van der Waals surface area contributed by atoms with Crippen molar-refractivity contribution in [2.75, 3.05) is 13.6 Å². The highest BCUT2D eigenvalue weighted by Crippen LogP contribution is 2.37. The zero-order valence-electron chi connectivity index (χ0n) is 9.06. The molecule has 1 rings (SSSR count). The minimum absolute atomic E-state index is 0.512. The molecule has 0 amide bonds. The Morgan fingerprint density at radius 1 is 1.33 bits per heavy atom. The molecular formula is C11H23N. The molecule has 0 aromatic heterocycles. The Hall–Kier alpha value is -0.0400. The Labute approximate surface area is 77.1 Å². The summed E-state index contributed by atoms with van der Waals surface area (Å²) in [5.74, 6) is 0.881. The Morgan fingerprint density at radius 3 is 2.25 bits per heavy atom. The summed E-state index contributed by atoms with van der Waals surface area (Å²) in [5, 5.41) is 0. The molecule has 0 aliphatic carbocycles. The fourth-order valence-electron chi connectivity index (χ4n) is 2.99. The monoisotopic (exact) mass is 169 g/mol. The van der Waals surface area contributed by atoms with Gasteiger partial charge in [0.1, 0.15) is 0 Å². The molecule has 1 unspecified atom stereocenters. The maximum Gasteiger partial charge on any atom is 0.0226 e. The first-order valence-electron chi connectivity index (χ1n) is 5.38. The summed E-state index contributed by atoms with van der Waals surface area (Å²) >= 11 is 0. The Bertz CT molecular complexity index is 126. The van der Waals surface area contributed by atoms with E-state index in [4.69, 9.17) is 0 Å². The van der Waals surface area contributed by atoms with Crippen LogP contribution in [0.2, 0.25) is 0 Å². The lowest BCUT2D eigenvalue weighted by Gasteiger charge is -2.49. The van der Waals surface area contributed by atoms with Gasteiger partial charge in [-0.15, -0.1) is 0 Å². The predicted molar refractivity (Wildman–Crippen MR) is 54.3 cm³/mol. The van der Waals surface area contributed by atoms with Crippen LogP contribution in [0.3, 0.4) is 0 Å². The number of piperidine rings is 1. The van der Waals surface area contributed by atoms with Crippen molar-refractivity contribution in [2.24, 2.45) is 5.92 Å². The van der Waals surface area contributed by atoms with Crippen LogP contribution in [0.15, 0.2) is 0 Å². The molecule has 1 atom stereocenters. The third-order valence-electron chi connectivity index (χ3n) is 4.03. The molecule has 1 nitrogen and oxygen atoms in total. The zero-order valence-corrected chi connectivity index (χ0v) is 9.06. The van der Waals surface area contributed by atoms with Gasteiger partial charge in [-0.3, -0.25) is 0 Å². The molecule has 0 radical (unpaired) electrons. The summed E-state index contributed by atoms with van der Waals surface area (Å²) in [4.78, 5) is 2.58. The van der Waals surface area contributed by atoms with Crippen LogP contribution in [0.25, 0.3) is 0 Å². The van der Waals surface area contributed by atoms with Gasteiger partial charge in [-0.2, -0.15) is 0 Å². The van der Waals surface area contributed by atoms with E-state index in [-0.39, 0.29) is 0 Å². The summed E-state index contributed by atoms with van der Waals surface area (Å²) in [7, 11) is 2.29. The van der Waals surface area contributed by atoms with Crippen LogP contribution in [-0.2, 0) is 0 Å². The minimum Gasteiger partial charge on any atom is -0.300 e. The lowest BCUT2D eigenvalue weighted by Crippen LogP contribution is -2.53. The maximum absolute atomic E-state index is 2.58. The van der Waals surface area contributed by atoms with Crippen molar-refractivity contribution in [3.63, 3.8) is 0 Å². The Morgan fingerprint density at radius 2 is 1.92 bits per heavy atom. The smallest absolute Gasteiger partial charge is 0.0226 e. The summed E-state index contributed by atoms with van der Waals surface area (Å²) in [5.41, 5.74) is 0.512. The first kappa shape index (κ1) is 10.0. The molecule has 1 heterocycles. The lowest BCUT2D eigenvalue weighted by molar-refractivity contribution is 0.0155. The molecule has 72 valence electrons. The molecule has 0 aromatic rings. The van der Waals surface area contributed by atoms with Gasteiger partial charge in [-0.25, -0.2) is 0 Å². The van der Waals surface area contributed by atoms with Crippen molar-refractivity contribution in [1.82, 2.24) is 4.90 Å². The van der Waals surface area contributed by atoms with E-state index < -0.39 is 0 Å². The first-order chi connectivity index (χ1) is 5.67. The van der Waals surface area contributed by atoms with Crippen molar-refractivity contribution in [2.45, 2.75) is 52.0 Å². The van der Waals surface area contributed by atoms with Gasteiger partial charge in [0.05, 0.1) is 0 Å². The number of likely N-dealkylation sites (tertiary alicyclic amines) is 1. The van der Waals surface area contributed by atoms with E-state index in [1.54, 1.807) is 0 Å². The molecule has 0 N–H and O–H groups in total. The normalized spacial score (nSPS) is 30.5. The van der Waals surface area contributed by atoms with Crippen molar-refractivity contribution >= 4 is 0 Å². The number of nitrogens with zero attached hydrogens (tertiary/aromatic N) is 1. The molecule has 1 aliphatic heterocycles. The average Bonchev–Trinajstić information content (AvgIpc) is 2.06. The van der Waals surface area contributed by atoms with Crippen molar-refractivity contribution in [3.05, 3.63) is 0 Å². The van der Waals surface area contributed by atoms with Gasteiger partial charge in [0.25, 0.3) is 0 Å². The van der Waals surface area contributed by atoms with Gasteiger partial charge in [0, 0.05) is 5.54 Å². The third-order valence-corrected chi connectivity index (χ3v) is 4.03. The second-order valence-corrected chi connectivity index (χ2v) is 4.28. The Balaban J connectivity index is 2.77. The van der Waals surface area contributed by atoms with Crippen LogP contribution in [0, 0.1) is 5.92 Å². The highest BCUT2D eigenvalue weighted by molar-refractivity contribution is 4.94. The zero-order chi connectivity index (χ0) is 9.19. The van der Waals surface area contributed by atoms with Crippen LogP contribution in [0.1, 0.15) is 46.5 Å². The number of rotatable bonds is 2. The standard InChI is InChI=1S/C11H23N/c1-5-11(6-2)10(3)8-7-9-12(11)4/h10H,5-9H2,1-4H3. The molecular weight excluding hydrogens is 146 g/mol. The van der Waals surface area contributed by atoms with E-state index >= 15 is 0 Å². The molecule has 1 saturated heterocycles. The molecule has 0 spiro atoms. The van der Waals surface area contributed by atoms with E-state index in [0.717, 1.165) is 5.92 Å². The molecule has 1 aliphatic rings. The fraction of sp³-hybridized carbons (Fsp3) is 1.00. The van der Waals surface area contributed by atoms with Gasteiger partial charge >= 0.3 is 0 Å². The quantitative estimate of drug-likeness (QED) is 0.614. The van der Waals surface area contributed by atoms with Gasteiger partial charge in [0.15, 0.2) is 0 Å². The fourth-order valence-corrected chi connectivity index (χ4v) is 2.99. The average molecular weight is 169 g/mol. The second kappa shape index (κ2) is 3.78. The molecule has 0 aromatic carbocycles. The van der Waals surface area contributed by atoms with Crippen LogP contribution in [0.4, 0.5) is 0 Å². The highest BCUT2D eigenvalue weighted by Gasteiger charge is 2.38. The van der Waals surface area contributed by atoms with E-state index in [0.29, 0.717) is 5.54 Å². The second-order valence-electron chi connectivity index (χ2n) is 4.28. The number of hydrogen-bond acceptors (Lipinski definition) is 1. The molecule has 1 heteroatoms.